The van der Waals surface area contributed by atoms with Crippen LogP contribution in [0.5, 0.6) is 0 Å². The third-order valence-electron chi connectivity index (χ3n) is 3.42. The lowest BCUT2D eigenvalue weighted by molar-refractivity contribution is 0.591. The molecule has 0 radical (unpaired) electrons. The fourth-order valence-corrected chi connectivity index (χ4v) is 2.23. The molecular formula is C17H22N2. The normalized spacial score (nSPS) is 12.3. The molecule has 1 atom stereocenters. The Kier molecular flexibility index (Phi) is 5.13. The molecule has 0 spiro atoms. The standard InChI is InChI=1S/C17H22N2/c18-13-5-4-8-17(19)16-11-9-15(10-12-16)14-6-2-1-3-7-14/h1-3,6-7,9-12,17H,4-5,8,13,18-19H2. The molecule has 0 aromatic heterocycles. The van der Waals surface area contributed by atoms with Crippen molar-refractivity contribution in [2.75, 3.05) is 6.54 Å². The number of nitrogens with two attached hydrogens (primary N) is 2. The number of hydrogen-bond donors (Lipinski definition) is 2. The molecule has 0 aliphatic carbocycles. The van der Waals surface area contributed by atoms with Gasteiger partial charge in [-0.3, -0.25) is 0 Å². The summed E-state index contributed by atoms with van der Waals surface area (Å²) in [5.74, 6) is 0. The Labute approximate surface area is 115 Å². The van der Waals surface area contributed by atoms with Gasteiger partial charge < -0.3 is 11.5 Å². The molecule has 2 nitrogen and oxygen atoms in total. The summed E-state index contributed by atoms with van der Waals surface area (Å²) < 4.78 is 0. The zero-order valence-electron chi connectivity index (χ0n) is 11.3. The molecule has 0 saturated carbocycles. The van der Waals surface area contributed by atoms with Crippen molar-refractivity contribution in [3.05, 3.63) is 60.2 Å². The second-order valence-corrected chi connectivity index (χ2v) is 4.88. The first-order valence-corrected chi connectivity index (χ1v) is 6.92. The van der Waals surface area contributed by atoms with Gasteiger partial charge in [0.05, 0.1) is 0 Å². The van der Waals surface area contributed by atoms with Crippen molar-refractivity contribution >= 4 is 0 Å². The summed E-state index contributed by atoms with van der Waals surface area (Å²) in [6.07, 6.45) is 3.15. The lowest BCUT2D eigenvalue weighted by Crippen LogP contribution is -2.10. The average molecular weight is 254 g/mol. The van der Waals surface area contributed by atoms with E-state index in [9.17, 15) is 0 Å². The van der Waals surface area contributed by atoms with Crippen LogP contribution in [0.15, 0.2) is 54.6 Å². The molecule has 2 aromatic carbocycles. The van der Waals surface area contributed by atoms with E-state index in [2.05, 4.69) is 48.5 Å². The lowest BCUT2D eigenvalue weighted by Gasteiger charge is -2.12. The van der Waals surface area contributed by atoms with Crippen LogP contribution >= 0.6 is 0 Å². The summed E-state index contributed by atoms with van der Waals surface area (Å²) in [6.45, 7) is 0.750. The van der Waals surface area contributed by atoms with Gasteiger partial charge in [-0.25, -0.2) is 0 Å². The zero-order valence-corrected chi connectivity index (χ0v) is 11.3. The molecule has 0 aliphatic rings. The van der Waals surface area contributed by atoms with Gasteiger partial charge in [0.2, 0.25) is 0 Å². The maximum atomic E-state index is 6.18. The molecule has 100 valence electrons. The van der Waals surface area contributed by atoms with E-state index in [1.54, 1.807) is 0 Å². The molecular weight excluding hydrogens is 232 g/mol. The quantitative estimate of drug-likeness (QED) is 0.775. The van der Waals surface area contributed by atoms with E-state index in [1.807, 2.05) is 6.07 Å². The molecule has 0 amide bonds. The summed E-state index contributed by atoms with van der Waals surface area (Å²) in [4.78, 5) is 0. The van der Waals surface area contributed by atoms with Crippen molar-refractivity contribution in [2.45, 2.75) is 25.3 Å². The minimum absolute atomic E-state index is 0.122. The Morgan fingerprint density at radius 2 is 1.42 bits per heavy atom. The maximum absolute atomic E-state index is 6.18. The third-order valence-corrected chi connectivity index (χ3v) is 3.42. The van der Waals surface area contributed by atoms with Crippen LogP contribution in [0.25, 0.3) is 11.1 Å². The highest BCUT2D eigenvalue weighted by molar-refractivity contribution is 5.63. The minimum atomic E-state index is 0.122. The molecule has 19 heavy (non-hydrogen) atoms. The summed E-state index contributed by atoms with van der Waals surface area (Å²) in [7, 11) is 0. The molecule has 2 rings (SSSR count). The molecule has 1 unspecified atom stereocenters. The summed E-state index contributed by atoms with van der Waals surface area (Å²) in [5.41, 5.74) is 15.4. The van der Waals surface area contributed by atoms with Crippen molar-refractivity contribution in [2.24, 2.45) is 11.5 Å². The van der Waals surface area contributed by atoms with Gasteiger partial charge in [0, 0.05) is 6.04 Å². The molecule has 2 aromatic rings. The summed E-state index contributed by atoms with van der Waals surface area (Å²) in [5, 5.41) is 0. The van der Waals surface area contributed by atoms with E-state index in [-0.39, 0.29) is 6.04 Å². The van der Waals surface area contributed by atoms with Gasteiger partial charge in [-0.05, 0) is 36.1 Å². The Morgan fingerprint density at radius 3 is 2.05 bits per heavy atom. The molecule has 0 fully saturated rings. The number of benzene rings is 2. The van der Waals surface area contributed by atoms with E-state index < -0.39 is 0 Å². The predicted octanol–water partition coefficient (Wildman–Crippen LogP) is 3.48. The topological polar surface area (TPSA) is 52.0 Å². The zero-order chi connectivity index (χ0) is 13.5. The van der Waals surface area contributed by atoms with Gasteiger partial charge in [0.25, 0.3) is 0 Å². The predicted molar refractivity (Wildman–Crippen MR) is 81.7 cm³/mol. The Hall–Kier alpha value is -1.64. The highest BCUT2D eigenvalue weighted by atomic mass is 14.6. The van der Waals surface area contributed by atoms with Crippen LogP contribution in [0.4, 0.5) is 0 Å². The Bertz CT molecular complexity index is 476. The van der Waals surface area contributed by atoms with Crippen LogP contribution in [-0.2, 0) is 0 Å². The fourth-order valence-electron chi connectivity index (χ4n) is 2.23. The lowest BCUT2D eigenvalue weighted by atomic mass is 9.98. The number of rotatable bonds is 6. The fraction of sp³-hybridized carbons (Fsp3) is 0.294. The summed E-state index contributed by atoms with van der Waals surface area (Å²) >= 11 is 0. The van der Waals surface area contributed by atoms with Gasteiger partial charge in [-0.1, -0.05) is 61.0 Å². The summed E-state index contributed by atoms with van der Waals surface area (Å²) in [6, 6.07) is 19.1. The largest absolute Gasteiger partial charge is 0.330 e. The Balaban J connectivity index is 2.02. The van der Waals surface area contributed by atoms with Crippen molar-refractivity contribution in [3.8, 4) is 11.1 Å². The van der Waals surface area contributed by atoms with Crippen LogP contribution in [0.1, 0.15) is 30.9 Å². The molecule has 0 saturated heterocycles. The van der Waals surface area contributed by atoms with Crippen molar-refractivity contribution in [1.82, 2.24) is 0 Å². The molecule has 0 bridgehead atoms. The van der Waals surface area contributed by atoms with Crippen molar-refractivity contribution < 1.29 is 0 Å². The molecule has 2 heteroatoms. The number of hydrogen-bond acceptors (Lipinski definition) is 2. The second kappa shape index (κ2) is 7.07. The van der Waals surface area contributed by atoms with Gasteiger partial charge in [-0.2, -0.15) is 0 Å². The first kappa shape index (κ1) is 13.8. The van der Waals surface area contributed by atoms with Gasteiger partial charge >= 0.3 is 0 Å². The van der Waals surface area contributed by atoms with Crippen LogP contribution in [0.3, 0.4) is 0 Å². The maximum Gasteiger partial charge on any atom is 0.0294 e. The minimum Gasteiger partial charge on any atom is -0.330 e. The van der Waals surface area contributed by atoms with Crippen LogP contribution < -0.4 is 11.5 Å². The van der Waals surface area contributed by atoms with Crippen molar-refractivity contribution in [1.29, 1.82) is 0 Å². The third kappa shape index (κ3) is 3.91. The van der Waals surface area contributed by atoms with Crippen LogP contribution in [0, 0.1) is 0 Å². The van der Waals surface area contributed by atoms with Crippen LogP contribution in [0.2, 0.25) is 0 Å². The van der Waals surface area contributed by atoms with Crippen molar-refractivity contribution in [3.63, 3.8) is 0 Å². The first-order chi connectivity index (χ1) is 9.31. The van der Waals surface area contributed by atoms with Gasteiger partial charge in [-0.15, -0.1) is 0 Å². The monoisotopic (exact) mass is 254 g/mol. The molecule has 4 N–H and O–H groups in total. The smallest absolute Gasteiger partial charge is 0.0294 e. The SMILES string of the molecule is NCCCCC(N)c1ccc(-c2ccccc2)cc1. The van der Waals surface area contributed by atoms with E-state index in [0.717, 1.165) is 25.8 Å². The van der Waals surface area contributed by atoms with Gasteiger partial charge in [0.1, 0.15) is 0 Å². The average Bonchev–Trinajstić information content (AvgIpc) is 2.48. The first-order valence-electron chi connectivity index (χ1n) is 6.92. The second-order valence-electron chi connectivity index (χ2n) is 4.88. The highest BCUT2D eigenvalue weighted by Gasteiger charge is 2.05. The van der Waals surface area contributed by atoms with E-state index in [4.69, 9.17) is 11.5 Å². The molecule has 0 heterocycles. The van der Waals surface area contributed by atoms with E-state index in [0.29, 0.717) is 0 Å². The number of unbranched alkanes of at least 4 members (excludes halogenated alkanes) is 1. The van der Waals surface area contributed by atoms with E-state index >= 15 is 0 Å². The van der Waals surface area contributed by atoms with Crippen LogP contribution in [-0.4, -0.2) is 6.54 Å². The molecule has 0 aliphatic heterocycles. The van der Waals surface area contributed by atoms with Gasteiger partial charge in [0.15, 0.2) is 0 Å². The highest BCUT2D eigenvalue weighted by Crippen LogP contribution is 2.22. The Morgan fingerprint density at radius 1 is 0.789 bits per heavy atom. The van der Waals surface area contributed by atoms with E-state index in [1.165, 1.54) is 16.7 Å².